The minimum absolute atomic E-state index is 0.121. The lowest BCUT2D eigenvalue weighted by Gasteiger charge is -2.37. The van der Waals surface area contributed by atoms with Crippen molar-refractivity contribution in [2.24, 2.45) is 4.99 Å². The largest absolute Gasteiger partial charge is 0.497 e. The highest BCUT2D eigenvalue weighted by atomic mass is 32.2. The fourth-order valence-electron chi connectivity index (χ4n) is 5.54. The van der Waals surface area contributed by atoms with Gasteiger partial charge < -0.3 is 24.3 Å². The molecule has 1 fully saturated rings. The molecule has 0 radical (unpaired) electrons. The van der Waals surface area contributed by atoms with Crippen molar-refractivity contribution in [3.05, 3.63) is 65.4 Å². The van der Waals surface area contributed by atoms with Crippen molar-refractivity contribution in [3.8, 4) is 5.75 Å². The third-order valence-electron chi connectivity index (χ3n) is 7.24. The summed E-state index contributed by atoms with van der Waals surface area (Å²) in [5.74, 6) is -2.35. The molecule has 12 nitrogen and oxygen atoms in total. The van der Waals surface area contributed by atoms with Gasteiger partial charge in [-0.1, -0.05) is 18.2 Å². The SMILES string of the molecule is COC(=O)C1=C(C(=O)OC)[C@@H]2Nc3ccccc3[C@@]23C[C@@H](C(=O)OC)N(S(=O)(=O)c2ccc(OC)cc2)C3=N1. The minimum atomic E-state index is -4.46. The van der Waals surface area contributed by atoms with E-state index in [2.05, 4.69) is 10.3 Å². The zero-order valence-electron chi connectivity index (χ0n) is 21.5. The van der Waals surface area contributed by atoms with Crippen molar-refractivity contribution in [2.45, 2.75) is 28.8 Å². The Morgan fingerprint density at radius 3 is 2.23 bits per heavy atom. The van der Waals surface area contributed by atoms with Gasteiger partial charge >= 0.3 is 17.9 Å². The van der Waals surface area contributed by atoms with Gasteiger partial charge in [0.15, 0.2) is 5.70 Å². The number of hydrogen-bond donors (Lipinski definition) is 1. The van der Waals surface area contributed by atoms with Crippen molar-refractivity contribution in [1.29, 1.82) is 0 Å². The maximum atomic E-state index is 14.2. The maximum Gasteiger partial charge on any atom is 0.357 e. The van der Waals surface area contributed by atoms with Crippen LogP contribution in [0.1, 0.15) is 12.0 Å². The highest BCUT2D eigenvalue weighted by molar-refractivity contribution is 7.89. The van der Waals surface area contributed by atoms with Gasteiger partial charge in [0.2, 0.25) is 0 Å². The average molecular weight is 556 g/mol. The first kappa shape index (κ1) is 26.2. The van der Waals surface area contributed by atoms with E-state index < -0.39 is 51.1 Å². The molecular formula is C26H25N3O9S. The van der Waals surface area contributed by atoms with Crippen LogP contribution in [0.15, 0.2) is 69.7 Å². The van der Waals surface area contributed by atoms with Crippen molar-refractivity contribution >= 4 is 39.5 Å². The number of benzene rings is 2. The van der Waals surface area contributed by atoms with Crippen LogP contribution in [0.5, 0.6) is 5.75 Å². The predicted molar refractivity (Wildman–Crippen MR) is 136 cm³/mol. The van der Waals surface area contributed by atoms with Crippen LogP contribution in [0.3, 0.4) is 0 Å². The fraction of sp³-hybridized carbons (Fsp3) is 0.308. The van der Waals surface area contributed by atoms with Gasteiger partial charge in [-0.25, -0.2) is 32.1 Å². The number of nitrogens with zero attached hydrogens (tertiary/aromatic N) is 2. The van der Waals surface area contributed by atoms with Crippen LogP contribution in [0.4, 0.5) is 5.69 Å². The Morgan fingerprint density at radius 2 is 1.62 bits per heavy atom. The Balaban J connectivity index is 1.83. The molecule has 1 saturated heterocycles. The van der Waals surface area contributed by atoms with E-state index in [-0.39, 0.29) is 22.7 Å². The van der Waals surface area contributed by atoms with E-state index in [1.165, 1.54) is 31.4 Å². The van der Waals surface area contributed by atoms with E-state index >= 15 is 0 Å². The number of hydrogen-bond acceptors (Lipinski definition) is 11. The van der Waals surface area contributed by atoms with Gasteiger partial charge in [0.05, 0.1) is 50.4 Å². The fourth-order valence-corrected chi connectivity index (χ4v) is 7.17. The molecule has 0 aromatic heterocycles. The zero-order valence-corrected chi connectivity index (χ0v) is 22.3. The van der Waals surface area contributed by atoms with Crippen molar-refractivity contribution in [1.82, 2.24) is 4.31 Å². The first-order valence-electron chi connectivity index (χ1n) is 11.8. The third-order valence-corrected chi connectivity index (χ3v) is 9.05. The zero-order chi connectivity index (χ0) is 28.1. The molecule has 3 atom stereocenters. The molecule has 5 rings (SSSR count). The number of para-hydroxylation sites is 1. The molecule has 13 heteroatoms. The summed E-state index contributed by atoms with van der Waals surface area (Å²) in [5.41, 5.74) is -0.747. The summed E-state index contributed by atoms with van der Waals surface area (Å²) >= 11 is 0. The molecule has 1 N–H and O–H groups in total. The van der Waals surface area contributed by atoms with Gasteiger partial charge in [-0.15, -0.1) is 0 Å². The molecule has 0 unspecified atom stereocenters. The number of aliphatic imine (C=N–C) groups is 1. The first-order valence-corrected chi connectivity index (χ1v) is 13.2. The average Bonchev–Trinajstić information content (AvgIpc) is 3.49. The Labute approximate surface area is 224 Å². The van der Waals surface area contributed by atoms with Crippen molar-refractivity contribution < 1.29 is 41.7 Å². The molecule has 0 saturated carbocycles. The Kier molecular flexibility index (Phi) is 6.33. The van der Waals surface area contributed by atoms with E-state index in [1.54, 1.807) is 24.3 Å². The molecule has 3 aliphatic rings. The van der Waals surface area contributed by atoms with Crippen LogP contribution in [-0.4, -0.2) is 77.0 Å². The van der Waals surface area contributed by atoms with Gasteiger partial charge in [-0.2, -0.15) is 0 Å². The second kappa shape index (κ2) is 9.42. The highest BCUT2D eigenvalue weighted by Crippen LogP contribution is 2.56. The summed E-state index contributed by atoms with van der Waals surface area (Å²) in [6.07, 6.45) is -0.127. The number of methoxy groups -OCH3 is 4. The molecule has 3 aliphatic heterocycles. The van der Waals surface area contributed by atoms with Gasteiger partial charge in [-0.05, 0) is 42.3 Å². The van der Waals surface area contributed by atoms with Gasteiger partial charge in [0.1, 0.15) is 17.6 Å². The molecule has 0 aliphatic carbocycles. The van der Waals surface area contributed by atoms with Crippen molar-refractivity contribution in [3.63, 3.8) is 0 Å². The lowest BCUT2D eigenvalue weighted by atomic mass is 9.70. The summed E-state index contributed by atoms with van der Waals surface area (Å²) in [5, 5.41) is 3.24. The monoisotopic (exact) mass is 555 g/mol. The number of ether oxygens (including phenoxy) is 4. The second-order valence-electron chi connectivity index (χ2n) is 8.99. The molecule has 0 bridgehead atoms. The number of rotatable bonds is 6. The quantitative estimate of drug-likeness (QED) is 0.409. The third kappa shape index (κ3) is 3.67. The van der Waals surface area contributed by atoms with Crippen LogP contribution in [0.25, 0.3) is 0 Å². The molecule has 39 heavy (non-hydrogen) atoms. The number of fused-ring (bicyclic) bond motifs is 1. The van der Waals surface area contributed by atoms with Crippen LogP contribution in [-0.2, 0) is 44.0 Å². The van der Waals surface area contributed by atoms with E-state index in [0.717, 1.165) is 25.6 Å². The smallest absolute Gasteiger partial charge is 0.357 e. The number of sulfonamides is 1. The molecule has 2 aromatic carbocycles. The molecule has 1 spiro atoms. The lowest BCUT2D eigenvalue weighted by Crippen LogP contribution is -2.52. The van der Waals surface area contributed by atoms with E-state index in [9.17, 15) is 22.8 Å². The summed E-state index contributed by atoms with van der Waals surface area (Å²) in [7, 11) is 0.410. The Bertz CT molecular complexity index is 1550. The number of esters is 3. The van der Waals surface area contributed by atoms with Crippen LogP contribution < -0.4 is 10.1 Å². The summed E-state index contributed by atoms with van der Waals surface area (Å²) in [6.45, 7) is 0. The molecular weight excluding hydrogens is 530 g/mol. The lowest BCUT2D eigenvalue weighted by molar-refractivity contribution is -0.144. The molecule has 0 amide bonds. The number of anilines is 1. The normalized spacial score (nSPS) is 23.1. The standard InChI is InChI=1S/C26H25N3O9S/c1-35-14-9-11-15(12-10-14)39(33,34)29-18(22(30)36-2)13-26-16-7-5-6-8-17(16)27-21(26)19(23(31)37-3)20(24(32)38-4)28-25(26)29/h5-12,18,21,27H,13H2,1-4H3/t18-,21-,26-/m0/s1. The number of carbonyl (C=O) groups excluding carboxylic acids is 3. The van der Waals surface area contributed by atoms with Crippen molar-refractivity contribution in [2.75, 3.05) is 33.8 Å². The van der Waals surface area contributed by atoms with Gasteiger partial charge in [0.25, 0.3) is 10.0 Å². The summed E-state index contributed by atoms with van der Waals surface area (Å²) in [6, 6.07) is 10.3. The predicted octanol–water partition coefficient (Wildman–Crippen LogP) is 1.38. The number of nitrogens with one attached hydrogen (secondary N) is 1. The molecule has 3 heterocycles. The van der Waals surface area contributed by atoms with E-state index in [4.69, 9.17) is 18.9 Å². The second-order valence-corrected chi connectivity index (χ2v) is 10.8. The minimum Gasteiger partial charge on any atom is -0.497 e. The first-order chi connectivity index (χ1) is 18.6. The number of amidine groups is 1. The maximum absolute atomic E-state index is 14.2. The van der Waals surface area contributed by atoms with Crippen LogP contribution >= 0.6 is 0 Å². The number of carbonyl (C=O) groups is 3. The van der Waals surface area contributed by atoms with E-state index in [0.29, 0.717) is 17.0 Å². The molecule has 2 aromatic rings. The van der Waals surface area contributed by atoms with Gasteiger partial charge in [0, 0.05) is 5.69 Å². The van der Waals surface area contributed by atoms with E-state index in [1.807, 2.05) is 0 Å². The topological polar surface area (TPSA) is 150 Å². The van der Waals surface area contributed by atoms with Crippen LogP contribution in [0, 0.1) is 0 Å². The Morgan fingerprint density at radius 1 is 0.949 bits per heavy atom. The van der Waals surface area contributed by atoms with Crippen LogP contribution in [0.2, 0.25) is 0 Å². The Hall–Kier alpha value is -4.39. The summed E-state index contributed by atoms with van der Waals surface area (Å²) < 4.78 is 49.3. The van der Waals surface area contributed by atoms with Gasteiger partial charge in [-0.3, -0.25) is 0 Å². The summed E-state index contributed by atoms with van der Waals surface area (Å²) in [4.78, 5) is 43.5. The highest BCUT2D eigenvalue weighted by Gasteiger charge is 2.67. The molecule has 204 valence electrons.